The number of nitrogens with one attached hydrogen (secondary N) is 1. The number of halogens is 1. The van der Waals surface area contributed by atoms with Gasteiger partial charge in [-0.3, -0.25) is 4.90 Å². The van der Waals surface area contributed by atoms with Crippen LogP contribution in [0.2, 0.25) is 0 Å². The van der Waals surface area contributed by atoms with Gasteiger partial charge in [-0.15, -0.1) is 0 Å². The molecule has 3 rings (SSSR count). The fraction of sp³-hybridized carbons (Fsp3) is 0.450. The number of nitrogens with zero attached hydrogens (tertiary/aromatic N) is 2. The predicted molar refractivity (Wildman–Crippen MR) is 108 cm³/mol. The van der Waals surface area contributed by atoms with Gasteiger partial charge in [0.05, 0.1) is 6.04 Å². The molecule has 0 saturated carbocycles. The van der Waals surface area contributed by atoms with Gasteiger partial charge in [0, 0.05) is 16.6 Å². The Hall–Kier alpha value is -2.35. The SMILES string of the molecule is C[C@@H]1C[C@@H](c2nc(-c3ccc(Br)cc3)c(C(=O)O)[nH]2)N(C(=O)OC(C)(C)C)C1. The fourth-order valence-electron chi connectivity index (χ4n) is 3.35. The highest BCUT2D eigenvalue weighted by molar-refractivity contribution is 9.10. The molecule has 8 heteroatoms. The monoisotopic (exact) mass is 449 g/mol. The van der Waals surface area contributed by atoms with Crippen LogP contribution in [0.1, 0.15) is 56.5 Å². The zero-order valence-electron chi connectivity index (χ0n) is 16.3. The molecule has 1 amide bonds. The number of likely N-dealkylation sites (tertiary alicyclic amines) is 1. The van der Waals surface area contributed by atoms with E-state index in [0.717, 1.165) is 4.47 Å². The van der Waals surface area contributed by atoms with E-state index >= 15 is 0 Å². The van der Waals surface area contributed by atoms with E-state index in [1.54, 1.807) is 17.0 Å². The average Bonchev–Trinajstić information content (AvgIpc) is 3.18. The summed E-state index contributed by atoms with van der Waals surface area (Å²) in [5, 5.41) is 9.63. The predicted octanol–water partition coefficient (Wildman–Crippen LogP) is 4.86. The summed E-state index contributed by atoms with van der Waals surface area (Å²) in [6.45, 7) is 8.05. The highest BCUT2D eigenvalue weighted by atomic mass is 79.9. The summed E-state index contributed by atoms with van der Waals surface area (Å²) < 4.78 is 6.42. The van der Waals surface area contributed by atoms with Crippen LogP contribution in [-0.4, -0.2) is 44.2 Å². The van der Waals surface area contributed by atoms with Gasteiger partial charge in [0.25, 0.3) is 0 Å². The Morgan fingerprint density at radius 3 is 2.50 bits per heavy atom. The number of hydrogen-bond donors (Lipinski definition) is 2. The van der Waals surface area contributed by atoms with Gasteiger partial charge in [-0.2, -0.15) is 0 Å². The number of carboxylic acids is 1. The van der Waals surface area contributed by atoms with Crippen LogP contribution in [0.5, 0.6) is 0 Å². The Morgan fingerprint density at radius 2 is 1.93 bits per heavy atom. The molecule has 1 saturated heterocycles. The Bertz CT molecular complexity index is 886. The molecule has 1 aliphatic rings. The summed E-state index contributed by atoms with van der Waals surface area (Å²) in [5.74, 6) is -0.371. The Balaban J connectivity index is 1.97. The number of imidazole rings is 1. The van der Waals surface area contributed by atoms with Crippen LogP contribution in [0.3, 0.4) is 0 Å². The Kier molecular flexibility index (Phi) is 5.52. The second-order valence-corrected chi connectivity index (χ2v) is 9.06. The zero-order valence-corrected chi connectivity index (χ0v) is 17.9. The Morgan fingerprint density at radius 1 is 1.29 bits per heavy atom. The maximum Gasteiger partial charge on any atom is 0.410 e. The van der Waals surface area contributed by atoms with Crippen molar-refractivity contribution < 1.29 is 19.4 Å². The minimum Gasteiger partial charge on any atom is -0.477 e. The third kappa shape index (κ3) is 4.38. The molecule has 0 spiro atoms. The molecule has 1 aromatic carbocycles. The van der Waals surface area contributed by atoms with Gasteiger partial charge in [0.15, 0.2) is 5.69 Å². The van der Waals surface area contributed by atoms with Gasteiger partial charge in [-0.1, -0.05) is 35.0 Å². The number of carboxylic acid groups (broad SMARTS) is 1. The molecule has 1 fully saturated rings. The van der Waals surface area contributed by atoms with Gasteiger partial charge in [-0.25, -0.2) is 14.6 Å². The lowest BCUT2D eigenvalue weighted by molar-refractivity contribution is 0.0214. The molecule has 0 unspecified atom stereocenters. The van der Waals surface area contributed by atoms with Crippen molar-refractivity contribution in [1.29, 1.82) is 0 Å². The molecule has 7 nitrogen and oxygen atoms in total. The highest BCUT2D eigenvalue weighted by Gasteiger charge is 2.39. The van der Waals surface area contributed by atoms with Crippen LogP contribution in [0.15, 0.2) is 28.7 Å². The number of aromatic carboxylic acids is 1. The van der Waals surface area contributed by atoms with Crippen LogP contribution in [0.25, 0.3) is 11.3 Å². The van der Waals surface area contributed by atoms with Gasteiger partial charge in [0.2, 0.25) is 0 Å². The van der Waals surface area contributed by atoms with Crippen LogP contribution in [0.4, 0.5) is 4.79 Å². The van der Waals surface area contributed by atoms with E-state index in [0.29, 0.717) is 30.0 Å². The summed E-state index contributed by atoms with van der Waals surface area (Å²) in [6, 6.07) is 6.92. The summed E-state index contributed by atoms with van der Waals surface area (Å²) in [4.78, 5) is 33.6. The first kappa shape index (κ1) is 20.4. The van der Waals surface area contributed by atoms with Gasteiger partial charge < -0.3 is 14.8 Å². The van der Waals surface area contributed by atoms with Crippen molar-refractivity contribution in [3.05, 3.63) is 40.3 Å². The van der Waals surface area contributed by atoms with Crippen LogP contribution < -0.4 is 0 Å². The molecule has 2 aromatic rings. The molecule has 0 bridgehead atoms. The van der Waals surface area contributed by atoms with E-state index in [2.05, 4.69) is 25.9 Å². The number of aromatic nitrogens is 2. The first-order chi connectivity index (χ1) is 13.0. The number of carbonyl (C=O) groups excluding carboxylic acids is 1. The normalized spacial score (nSPS) is 19.7. The van der Waals surface area contributed by atoms with Crippen molar-refractivity contribution in [2.45, 2.75) is 45.8 Å². The number of carbonyl (C=O) groups is 2. The standard InChI is InChI=1S/C20H24BrN3O4/c1-11-9-14(24(10-11)19(27)28-20(2,3)4)17-22-15(16(23-17)18(25)26)12-5-7-13(21)8-6-12/h5-8,11,14H,9-10H2,1-4H3,(H,22,23)(H,25,26)/t11-,14+/m1/s1. The molecule has 1 aromatic heterocycles. The zero-order chi connectivity index (χ0) is 20.6. The lowest BCUT2D eigenvalue weighted by atomic mass is 10.1. The second kappa shape index (κ2) is 7.58. The van der Waals surface area contributed by atoms with Crippen molar-refractivity contribution in [2.24, 2.45) is 5.92 Å². The van der Waals surface area contributed by atoms with E-state index < -0.39 is 17.7 Å². The quantitative estimate of drug-likeness (QED) is 0.697. The lowest BCUT2D eigenvalue weighted by Gasteiger charge is -2.27. The molecule has 0 radical (unpaired) electrons. The Labute approximate surface area is 172 Å². The summed E-state index contributed by atoms with van der Waals surface area (Å²) in [5.41, 5.74) is 0.462. The van der Waals surface area contributed by atoms with Crippen LogP contribution in [-0.2, 0) is 4.74 Å². The molecule has 2 heterocycles. The fourth-order valence-corrected chi connectivity index (χ4v) is 3.61. The first-order valence-corrected chi connectivity index (χ1v) is 9.93. The number of benzene rings is 1. The van der Waals surface area contributed by atoms with Crippen molar-refractivity contribution in [1.82, 2.24) is 14.9 Å². The van der Waals surface area contributed by atoms with E-state index in [-0.39, 0.29) is 17.7 Å². The van der Waals surface area contributed by atoms with E-state index in [9.17, 15) is 14.7 Å². The van der Waals surface area contributed by atoms with Crippen molar-refractivity contribution in [3.8, 4) is 11.3 Å². The molecular formula is C20H24BrN3O4. The number of H-pyrrole nitrogens is 1. The van der Waals surface area contributed by atoms with Crippen LogP contribution >= 0.6 is 15.9 Å². The summed E-state index contributed by atoms with van der Waals surface area (Å²) >= 11 is 3.38. The van der Waals surface area contributed by atoms with Gasteiger partial charge in [0.1, 0.15) is 17.1 Å². The lowest BCUT2D eigenvalue weighted by Crippen LogP contribution is -2.37. The summed E-state index contributed by atoms with van der Waals surface area (Å²) in [6.07, 6.45) is 0.270. The largest absolute Gasteiger partial charge is 0.477 e. The minimum atomic E-state index is -1.09. The molecule has 150 valence electrons. The number of ether oxygens (including phenoxy) is 1. The molecule has 2 atom stereocenters. The molecule has 28 heavy (non-hydrogen) atoms. The smallest absolute Gasteiger partial charge is 0.410 e. The number of hydrogen-bond acceptors (Lipinski definition) is 4. The van der Waals surface area contributed by atoms with Crippen molar-refractivity contribution >= 4 is 28.0 Å². The third-order valence-corrected chi connectivity index (χ3v) is 5.04. The number of rotatable bonds is 3. The van der Waals surface area contributed by atoms with Gasteiger partial charge in [-0.05, 0) is 45.2 Å². The van der Waals surface area contributed by atoms with Crippen molar-refractivity contribution in [2.75, 3.05) is 6.54 Å². The summed E-state index contributed by atoms with van der Waals surface area (Å²) in [7, 11) is 0. The highest BCUT2D eigenvalue weighted by Crippen LogP contribution is 2.36. The third-order valence-electron chi connectivity index (χ3n) is 4.51. The average molecular weight is 450 g/mol. The number of amides is 1. The van der Waals surface area contributed by atoms with E-state index in [1.807, 2.05) is 39.8 Å². The van der Waals surface area contributed by atoms with Crippen LogP contribution in [0, 0.1) is 5.92 Å². The minimum absolute atomic E-state index is 0.0148. The first-order valence-electron chi connectivity index (χ1n) is 9.14. The van der Waals surface area contributed by atoms with Crippen molar-refractivity contribution in [3.63, 3.8) is 0 Å². The number of aromatic amines is 1. The maximum absolute atomic E-state index is 12.7. The maximum atomic E-state index is 12.7. The van der Waals surface area contributed by atoms with E-state index in [4.69, 9.17) is 4.74 Å². The second-order valence-electron chi connectivity index (χ2n) is 8.15. The molecule has 1 aliphatic heterocycles. The molecule has 0 aliphatic carbocycles. The van der Waals surface area contributed by atoms with Gasteiger partial charge >= 0.3 is 12.1 Å². The van der Waals surface area contributed by atoms with E-state index in [1.165, 1.54) is 0 Å². The topological polar surface area (TPSA) is 95.5 Å². The molecular weight excluding hydrogens is 426 g/mol. The molecule has 2 N–H and O–H groups in total.